The van der Waals surface area contributed by atoms with Crippen LogP contribution < -0.4 is 20.5 Å². The van der Waals surface area contributed by atoms with Crippen LogP contribution in [-0.4, -0.2) is 13.3 Å². The van der Waals surface area contributed by atoms with Crippen molar-refractivity contribution in [2.24, 2.45) is 5.73 Å². The first-order chi connectivity index (χ1) is 9.78. The average Bonchev–Trinajstić information content (AvgIpc) is 3.10. The minimum Gasteiger partial charge on any atom is -0.454 e. The van der Waals surface area contributed by atoms with E-state index >= 15 is 0 Å². The first kappa shape index (κ1) is 13.7. The number of hydrogen-bond acceptors (Lipinski definition) is 5. The number of nitrogens with one attached hydrogen (secondary N) is 1. The van der Waals surface area contributed by atoms with Crippen LogP contribution in [-0.2, 0) is 6.54 Å². The average molecular weight is 311 g/mol. The largest absolute Gasteiger partial charge is 0.454 e. The predicted octanol–water partition coefficient (Wildman–Crippen LogP) is 2.92. The van der Waals surface area contributed by atoms with E-state index in [4.69, 9.17) is 26.8 Å². The minimum atomic E-state index is 0.0316. The zero-order valence-corrected chi connectivity index (χ0v) is 12.3. The molecule has 0 bridgehead atoms. The summed E-state index contributed by atoms with van der Waals surface area (Å²) in [6, 6.07) is 7.99. The van der Waals surface area contributed by atoms with Crippen molar-refractivity contribution in [1.29, 1.82) is 0 Å². The number of halogens is 1. The molecule has 1 aliphatic heterocycles. The highest BCUT2D eigenvalue weighted by Gasteiger charge is 2.21. The third-order valence-corrected chi connectivity index (χ3v) is 4.35. The molecule has 2 heterocycles. The van der Waals surface area contributed by atoms with Gasteiger partial charge in [-0.1, -0.05) is 17.7 Å². The molecule has 3 rings (SSSR count). The van der Waals surface area contributed by atoms with Gasteiger partial charge in [0.25, 0.3) is 0 Å². The van der Waals surface area contributed by atoms with E-state index in [1.807, 2.05) is 18.2 Å². The second-order valence-corrected chi connectivity index (χ2v) is 5.92. The van der Waals surface area contributed by atoms with Crippen LogP contribution in [0.2, 0.25) is 5.02 Å². The van der Waals surface area contributed by atoms with Crippen molar-refractivity contribution >= 4 is 22.9 Å². The lowest BCUT2D eigenvalue weighted by atomic mass is 10.1. The monoisotopic (exact) mass is 310 g/mol. The summed E-state index contributed by atoms with van der Waals surface area (Å²) in [4.78, 5) is 1.27. The Labute approximate surface area is 126 Å². The van der Waals surface area contributed by atoms with Crippen molar-refractivity contribution in [3.05, 3.63) is 45.1 Å². The van der Waals surface area contributed by atoms with Gasteiger partial charge in [0.15, 0.2) is 11.5 Å². The highest BCUT2D eigenvalue weighted by atomic mass is 35.5. The van der Waals surface area contributed by atoms with Crippen LogP contribution in [0.5, 0.6) is 11.5 Å². The lowest BCUT2D eigenvalue weighted by Crippen LogP contribution is -2.27. The molecule has 4 nitrogen and oxygen atoms in total. The van der Waals surface area contributed by atoms with Crippen LogP contribution in [0.25, 0.3) is 0 Å². The lowest BCUT2D eigenvalue weighted by Gasteiger charge is -2.17. The summed E-state index contributed by atoms with van der Waals surface area (Å²) in [5.41, 5.74) is 6.88. The first-order valence-corrected chi connectivity index (χ1v) is 7.58. The molecule has 0 amide bonds. The van der Waals surface area contributed by atoms with E-state index in [0.29, 0.717) is 23.1 Å². The molecule has 1 unspecified atom stereocenters. The van der Waals surface area contributed by atoms with Gasteiger partial charge in [0.05, 0.1) is 5.02 Å². The summed E-state index contributed by atoms with van der Waals surface area (Å²) in [7, 11) is 0. The van der Waals surface area contributed by atoms with Crippen molar-refractivity contribution in [3.63, 3.8) is 0 Å². The second-order valence-electron chi connectivity index (χ2n) is 4.49. The number of fused-ring (bicyclic) bond motifs is 1. The molecule has 0 saturated carbocycles. The highest BCUT2D eigenvalue weighted by molar-refractivity contribution is 7.09. The van der Waals surface area contributed by atoms with Gasteiger partial charge in [-0.2, -0.15) is 0 Å². The summed E-state index contributed by atoms with van der Waals surface area (Å²) in [5, 5.41) is 6.06. The lowest BCUT2D eigenvalue weighted by molar-refractivity contribution is 0.174. The Morgan fingerprint density at radius 3 is 3.05 bits per heavy atom. The molecule has 0 spiro atoms. The van der Waals surface area contributed by atoms with Crippen LogP contribution in [0, 0.1) is 0 Å². The predicted molar refractivity (Wildman–Crippen MR) is 80.5 cm³/mol. The SMILES string of the molecule is NCC(NCc1cccs1)c1cc(Cl)c2c(c1)OCO2. The molecule has 1 aromatic carbocycles. The number of thiophene rings is 1. The van der Waals surface area contributed by atoms with Crippen LogP contribution in [0.4, 0.5) is 0 Å². The fourth-order valence-corrected chi connectivity index (χ4v) is 3.09. The number of benzene rings is 1. The topological polar surface area (TPSA) is 56.5 Å². The third kappa shape index (κ3) is 2.76. The summed E-state index contributed by atoms with van der Waals surface area (Å²) in [5.74, 6) is 1.30. The Kier molecular flexibility index (Phi) is 4.12. The fraction of sp³-hybridized carbons (Fsp3) is 0.286. The molecule has 1 aromatic heterocycles. The molecule has 1 aliphatic rings. The molecule has 20 heavy (non-hydrogen) atoms. The van der Waals surface area contributed by atoms with E-state index in [0.717, 1.165) is 12.1 Å². The highest BCUT2D eigenvalue weighted by Crippen LogP contribution is 2.40. The molecule has 0 saturated heterocycles. The number of rotatable bonds is 5. The van der Waals surface area contributed by atoms with Crippen LogP contribution in [0.15, 0.2) is 29.6 Å². The number of hydrogen-bond donors (Lipinski definition) is 2. The van der Waals surface area contributed by atoms with Crippen LogP contribution >= 0.6 is 22.9 Å². The van der Waals surface area contributed by atoms with Crippen molar-refractivity contribution in [1.82, 2.24) is 5.32 Å². The van der Waals surface area contributed by atoms with Gasteiger partial charge in [-0.15, -0.1) is 11.3 Å². The van der Waals surface area contributed by atoms with Gasteiger partial charge >= 0.3 is 0 Å². The summed E-state index contributed by atoms with van der Waals surface area (Å²) >= 11 is 7.92. The fourth-order valence-electron chi connectivity index (χ4n) is 2.16. The van der Waals surface area contributed by atoms with E-state index in [1.54, 1.807) is 11.3 Å². The maximum absolute atomic E-state index is 6.20. The molecular weight excluding hydrogens is 296 g/mol. The zero-order valence-electron chi connectivity index (χ0n) is 10.8. The maximum Gasteiger partial charge on any atom is 0.231 e. The number of nitrogens with two attached hydrogens (primary N) is 1. The number of ether oxygens (including phenoxy) is 2. The van der Waals surface area contributed by atoms with Crippen molar-refractivity contribution in [3.8, 4) is 11.5 Å². The molecule has 0 fully saturated rings. The van der Waals surface area contributed by atoms with Crippen LogP contribution in [0.1, 0.15) is 16.5 Å². The summed E-state index contributed by atoms with van der Waals surface area (Å²) in [6.07, 6.45) is 0. The molecule has 6 heteroatoms. The maximum atomic E-state index is 6.20. The summed E-state index contributed by atoms with van der Waals surface area (Å²) < 4.78 is 10.7. The Bertz CT molecular complexity index is 589. The van der Waals surface area contributed by atoms with Crippen molar-refractivity contribution in [2.45, 2.75) is 12.6 Å². The van der Waals surface area contributed by atoms with E-state index < -0.39 is 0 Å². The van der Waals surface area contributed by atoms with Crippen molar-refractivity contribution in [2.75, 3.05) is 13.3 Å². The van der Waals surface area contributed by atoms with E-state index in [2.05, 4.69) is 16.8 Å². The Morgan fingerprint density at radius 1 is 1.40 bits per heavy atom. The molecule has 0 radical (unpaired) electrons. The van der Waals surface area contributed by atoms with Gasteiger partial charge in [-0.25, -0.2) is 0 Å². The Hall–Kier alpha value is -1.27. The second kappa shape index (κ2) is 6.01. The minimum absolute atomic E-state index is 0.0316. The molecule has 106 valence electrons. The summed E-state index contributed by atoms with van der Waals surface area (Å²) in [6.45, 7) is 1.49. The van der Waals surface area contributed by atoms with Gasteiger partial charge in [-0.05, 0) is 29.1 Å². The molecule has 3 N–H and O–H groups in total. The zero-order chi connectivity index (χ0) is 13.9. The molecule has 1 atom stereocenters. The Morgan fingerprint density at radius 2 is 2.30 bits per heavy atom. The Balaban J connectivity index is 1.77. The van der Waals surface area contributed by atoms with Gasteiger partial charge in [0.2, 0.25) is 6.79 Å². The van der Waals surface area contributed by atoms with Crippen LogP contribution in [0.3, 0.4) is 0 Å². The first-order valence-electron chi connectivity index (χ1n) is 6.33. The van der Waals surface area contributed by atoms with E-state index in [-0.39, 0.29) is 12.8 Å². The molecular formula is C14H15ClN2O2S. The molecule has 0 aliphatic carbocycles. The normalized spacial score (nSPS) is 14.5. The quantitative estimate of drug-likeness (QED) is 0.891. The van der Waals surface area contributed by atoms with Gasteiger partial charge in [0.1, 0.15) is 0 Å². The van der Waals surface area contributed by atoms with Crippen molar-refractivity contribution < 1.29 is 9.47 Å². The van der Waals surface area contributed by atoms with E-state index in [1.165, 1.54) is 4.88 Å². The van der Waals surface area contributed by atoms with Gasteiger partial charge in [0, 0.05) is 24.0 Å². The third-order valence-electron chi connectivity index (χ3n) is 3.19. The standard InChI is InChI=1S/C14H15ClN2O2S/c15-11-4-9(5-13-14(11)19-8-18-13)12(6-16)17-7-10-2-1-3-20-10/h1-5,12,17H,6-8,16H2. The van der Waals surface area contributed by atoms with E-state index in [9.17, 15) is 0 Å². The van der Waals surface area contributed by atoms with Gasteiger partial charge < -0.3 is 20.5 Å². The van der Waals surface area contributed by atoms with Gasteiger partial charge in [-0.3, -0.25) is 0 Å². The molecule has 2 aromatic rings. The smallest absolute Gasteiger partial charge is 0.231 e.